The molecule has 0 spiro atoms. The average Bonchev–Trinajstić information content (AvgIpc) is 1.88. The fraction of sp³-hybridized carbons (Fsp3) is 0.429. The summed E-state index contributed by atoms with van der Waals surface area (Å²) in [5, 5.41) is 2.40. The van der Waals surface area contributed by atoms with Crippen LogP contribution < -0.4 is 5.32 Å². The molecule has 0 bridgehead atoms. The van der Waals surface area contributed by atoms with Gasteiger partial charge in [0, 0.05) is 6.42 Å². The lowest BCUT2D eigenvalue weighted by Crippen LogP contribution is -2.32. The molecule has 10 heavy (non-hydrogen) atoms. The molecule has 1 amide bonds. The van der Waals surface area contributed by atoms with E-state index in [4.69, 9.17) is 0 Å². The van der Waals surface area contributed by atoms with Crippen LogP contribution in [0.25, 0.3) is 0 Å². The molecule has 1 N–H and O–H groups in total. The molecule has 0 aliphatic rings. The third-order valence-electron chi connectivity index (χ3n) is 0.884. The van der Waals surface area contributed by atoms with Crippen molar-refractivity contribution < 1.29 is 9.59 Å². The van der Waals surface area contributed by atoms with E-state index in [1.54, 1.807) is 13.2 Å². The van der Waals surface area contributed by atoms with E-state index in [1.807, 2.05) is 0 Å². The highest BCUT2D eigenvalue weighted by Gasteiger charge is 2.03. The highest BCUT2D eigenvalue weighted by atomic mass is 16.2. The minimum atomic E-state index is -0.521. The van der Waals surface area contributed by atoms with Crippen molar-refractivity contribution in [2.75, 3.05) is 0 Å². The van der Waals surface area contributed by atoms with Crippen LogP contribution >= 0.6 is 0 Å². The van der Waals surface area contributed by atoms with Crippen molar-refractivity contribution in [3.8, 4) is 0 Å². The first kappa shape index (κ1) is 8.88. The van der Waals surface area contributed by atoms with Crippen molar-refractivity contribution in [3.63, 3.8) is 0 Å². The molecule has 3 nitrogen and oxygen atoms in total. The highest BCUT2D eigenvalue weighted by Crippen LogP contribution is 1.81. The van der Waals surface area contributed by atoms with E-state index in [9.17, 15) is 9.59 Å². The number of carbonyl (C=O) groups is 1. The number of rotatable bonds is 4. The Morgan fingerprint density at radius 2 is 2.50 bits per heavy atom. The van der Waals surface area contributed by atoms with E-state index in [0.29, 0.717) is 0 Å². The van der Waals surface area contributed by atoms with Gasteiger partial charge >= 0.3 is 0 Å². The second-order valence-electron chi connectivity index (χ2n) is 1.90. The maximum absolute atomic E-state index is 10.7. The third-order valence-corrected chi connectivity index (χ3v) is 0.884. The summed E-state index contributed by atoms with van der Waals surface area (Å²) >= 11 is 0. The Bertz CT molecular complexity index is 143. The lowest BCUT2D eigenvalue weighted by Gasteiger charge is -2.03. The van der Waals surface area contributed by atoms with Gasteiger partial charge in [0.2, 0.25) is 12.2 Å². The summed E-state index contributed by atoms with van der Waals surface area (Å²) in [7, 11) is 0. The monoisotopic (exact) mass is 140 g/mol. The predicted molar refractivity (Wildman–Crippen MR) is 38.1 cm³/mol. The molecule has 0 aromatic heterocycles. The molecule has 1 unspecified atom stereocenters. The van der Waals surface area contributed by atoms with Gasteiger partial charge in [0.1, 0.15) is 0 Å². The minimum Gasteiger partial charge on any atom is -0.346 e. The van der Waals surface area contributed by atoms with Gasteiger partial charge in [-0.3, -0.25) is 9.59 Å². The number of carbonyl (C=O) groups excluding carboxylic acids is 2. The van der Waals surface area contributed by atoms with Gasteiger partial charge in [0.05, 0.1) is 6.04 Å². The van der Waals surface area contributed by atoms with Crippen molar-refractivity contribution in [2.45, 2.75) is 19.4 Å². The zero-order valence-corrected chi connectivity index (χ0v) is 5.89. The molecule has 3 heteroatoms. The smallest absolute Gasteiger partial charge is 0.224 e. The Balaban J connectivity index is 3.56. The summed E-state index contributed by atoms with van der Waals surface area (Å²) in [4.78, 5) is 20.5. The van der Waals surface area contributed by atoms with Crippen molar-refractivity contribution in [2.24, 2.45) is 0 Å². The molecule has 0 heterocycles. The Morgan fingerprint density at radius 3 is 2.90 bits per heavy atom. The highest BCUT2D eigenvalue weighted by molar-refractivity contribution is 5.80. The second-order valence-corrected chi connectivity index (χ2v) is 1.90. The van der Waals surface area contributed by atoms with Crippen molar-refractivity contribution in [3.05, 3.63) is 12.7 Å². The van der Waals surface area contributed by atoms with Crippen LogP contribution in [0.4, 0.5) is 0 Å². The van der Waals surface area contributed by atoms with Gasteiger partial charge in [-0.15, -0.1) is 6.58 Å². The lowest BCUT2D eigenvalue weighted by molar-refractivity contribution is -0.120. The van der Waals surface area contributed by atoms with Crippen molar-refractivity contribution in [1.29, 1.82) is 0 Å². The molecule has 0 aliphatic carbocycles. The number of hydrogen-bond donors (Lipinski definition) is 1. The van der Waals surface area contributed by atoms with Crippen LogP contribution in [-0.2, 0) is 9.59 Å². The molecule has 0 aromatic carbocycles. The van der Waals surface area contributed by atoms with Crippen LogP contribution in [0.2, 0.25) is 0 Å². The maximum Gasteiger partial charge on any atom is 0.224 e. The summed E-state index contributed by atoms with van der Waals surface area (Å²) < 4.78 is 0. The third kappa shape index (κ3) is 3.83. The SMILES string of the molecule is C=CCC(=O)NC(C)[C]=O. The Kier molecular flexibility index (Phi) is 4.20. The van der Waals surface area contributed by atoms with Crippen LogP contribution in [-0.4, -0.2) is 18.2 Å². The normalized spacial score (nSPS) is 11.7. The minimum absolute atomic E-state index is 0.203. The van der Waals surface area contributed by atoms with Gasteiger partial charge in [-0.25, -0.2) is 0 Å². The van der Waals surface area contributed by atoms with E-state index >= 15 is 0 Å². The predicted octanol–water partition coefficient (Wildman–Crippen LogP) is 0.177. The molecular formula is C7H10NO2. The first-order valence-corrected chi connectivity index (χ1v) is 2.98. The van der Waals surface area contributed by atoms with Crippen molar-refractivity contribution in [1.82, 2.24) is 5.32 Å². The van der Waals surface area contributed by atoms with Gasteiger partial charge in [-0.05, 0) is 6.92 Å². The lowest BCUT2D eigenvalue weighted by atomic mass is 10.3. The molecule has 1 radical (unpaired) electrons. The molecule has 55 valence electrons. The zero-order valence-electron chi connectivity index (χ0n) is 5.89. The van der Waals surface area contributed by atoms with Gasteiger partial charge in [0.25, 0.3) is 0 Å². The fourth-order valence-electron chi connectivity index (χ4n) is 0.461. The number of amides is 1. The average molecular weight is 140 g/mol. The molecule has 0 rings (SSSR count). The second kappa shape index (κ2) is 4.73. The van der Waals surface area contributed by atoms with E-state index in [0.717, 1.165) is 0 Å². The van der Waals surface area contributed by atoms with E-state index in [2.05, 4.69) is 11.9 Å². The van der Waals surface area contributed by atoms with Crippen LogP contribution in [0, 0.1) is 0 Å². The van der Waals surface area contributed by atoms with Gasteiger partial charge in [0.15, 0.2) is 0 Å². The van der Waals surface area contributed by atoms with E-state index in [1.165, 1.54) is 6.08 Å². The summed E-state index contributed by atoms with van der Waals surface area (Å²) in [5.41, 5.74) is 0. The number of nitrogens with one attached hydrogen (secondary N) is 1. The first-order valence-electron chi connectivity index (χ1n) is 2.98. The summed E-state index contributed by atoms with van der Waals surface area (Å²) in [5.74, 6) is -0.203. The summed E-state index contributed by atoms with van der Waals surface area (Å²) in [6.07, 6.45) is 3.36. The van der Waals surface area contributed by atoms with Gasteiger partial charge in [-0.2, -0.15) is 0 Å². The van der Waals surface area contributed by atoms with Crippen LogP contribution in [0.5, 0.6) is 0 Å². The van der Waals surface area contributed by atoms with Crippen molar-refractivity contribution >= 4 is 12.2 Å². The Morgan fingerprint density at radius 1 is 1.90 bits per heavy atom. The molecule has 0 aromatic rings. The largest absolute Gasteiger partial charge is 0.346 e. The first-order chi connectivity index (χ1) is 4.70. The Hall–Kier alpha value is -1.12. The molecule has 0 saturated heterocycles. The topological polar surface area (TPSA) is 46.2 Å². The van der Waals surface area contributed by atoms with Gasteiger partial charge < -0.3 is 5.32 Å². The molecule has 0 saturated carbocycles. The van der Waals surface area contributed by atoms with E-state index < -0.39 is 6.04 Å². The molecule has 1 atom stereocenters. The fourth-order valence-corrected chi connectivity index (χ4v) is 0.461. The Labute approximate surface area is 60.1 Å². The van der Waals surface area contributed by atoms with Crippen LogP contribution in [0.15, 0.2) is 12.7 Å². The quantitative estimate of drug-likeness (QED) is 0.566. The molecule has 0 fully saturated rings. The van der Waals surface area contributed by atoms with Crippen LogP contribution in [0.1, 0.15) is 13.3 Å². The maximum atomic E-state index is 10.7. The summed E-state index contributed by atoms with van der Waals surface area (Å²) in [6.45, 7) is 4.94. The number of hydrogen-bond acceptors (Lipinski definition) is 2. The molecular weight excluding hydrogens is 130 g/mol. The zero-order chi connectivity index (χ0) is 7.98. The van der Waals surface area contributed by atoms with E-state index in [-0.39, 0.29) is 12.3 Å². The standard InChI is InChI=1S/C7H10NO2/c1-3-4-7(10)8-6(2)5-9/h3,6H,1,4H2,2H3,(H,8,10). The van der Waals surface area contributed by atoms with Crippen LogP contribution in [0.3, 0.4) is 0 Å². The van der Waals surface area contributed by atoms with Gasteiger partial charge in [-0.1, -0.05) is 6.08 Å². The molecule has 0 aliphatic heterocycles. The summed E-state index contributed by atoms with van der Waals surface area (Å²) in [6, 6.07) is -0.521.